The van der Waals surface area contributed by atoms with Crippen LogP contribution in [0.25, 0.3) is 11.1 Å². The van der Waals surface area contributed by atoms with Gasteiger partial charge in [-0.05, 0) is 60.2 Å². The van der Waals surface area contributed by atoms with Crippen LogP contribution in [0.15, 0.2) is 72.8 Å². The largest absolute Gasteiger partial charge is 0.573 e. The zero-order chi connectivity index (χ0) is 30.6. The van der Waals surface area contributed by atoms with Crippen LogP contribution in [0.3, 0.4) is 0 Å². The standard InChI is InChI=1S/C33H35ClF3N3O3/c1-22(41)39-16-13-25(14-17-39)32(42)40-18-15-30(29(21-40)24-5-3-2-4-6-24)38-20-27-19-26(23-7-10-28(34)11-8-23)9-12-31(27)43-33(35,36)37/h2-12,19,25,29-30,38H,13-18,20-21H2,1H3/t29-,30-/m0/s1. The number of benzene rings is 3. The van der Waals surface area contributed by atoms with Crippen molar-refractivity contribution < 1.29 is 27.5 Å². The van der Waals surface area contributed by atoms with Crippen LogP contribution in [-0.4, -0.2) is 60.2 Å². The second kappa shape index (κ2) is 13.4. The summed E-state index contributed by atoms with van der Waals surface area (Å²) in [7, 11) is 0. The van der Waals surface area contributed by atoms with Crippen molar-refractivity contribution in [1.29, 1.82) is 0 Å². The fraction of sp³-hybridized carbons (Fsp3) is 0.394. The Labute approximate surface area is 254 Å². The number of likely N-dealkylation sites (tertiary alicyclic amines) is 2. The molecule has 0 unspecified atom stereocenters. The van der Waals surface area contributed by atoms with E-state index in [1.165, 1.54) is 6.07 Å². The summed E-state index contributed by atoms with van der Waals surface area (Å²) in [6.45, 7) is 3.93. The van der Waals surface area contributed by atoms with Gasteiger partial charge >= 0.3 is 6.36 Å². The van der Waals surface area contributed by atoms with Crippen molar-refractivity contribution in [2.45, 2.75) is 51.1 Å². The molecule has 0 saturated carbocycles. The van der Waals surface area contributed by atoms with Crippen molar-refractivity contribution in [3.05, 3.63) is 88.9 Å². The lowest BCUT2D eigenvalue weighted by atomic mass is 9.84. The molecule has 2 amide bonds. The molecule has 2 heterocycles. The maximum Gasteiger partial charge on any atom is 0.573 e. The number of rotatable bonds is 7. The van der Waals surface area contributed by atoms with Crippen LogP contribution in [0.4, 0.5) is 13.2 Å². The smallest absolute Gasteiger partial charge is 0.405 e. The first kappa shape index (κ1) is 30.9. The molecule has 0 bridgehead atoms. The molecule has 0 aliphatic carbocycles. The molecule has 2 aliphatic rings. The molecule has 5 rings (SSSR count). The van der Waals surface area contributed by atoms with Crippen LogP contribution >= 0.6 is 11.6 Å². The highest BCUT2D eigenvalue weighted by Crippen LogP contribution is 2.34. The highest BCUT2D eigenvalue weighted by Gasteiger charge is 2.37. The van der Waals surface area contributed by atoms with E-state index in [1.54, 1.807) is 36.1 Å². The summed E-state index contributed by atoms with van der Waals surface area (Å²) in [4.78, 5) is 29.0. The van der Waals surface area contributed by atoms with Crippen molar-refractivity contribution in [3.63, 3.8) is 0 Å². The zero-order valence-corrected chi connectivity index (χ0v) is 24.7. The van der Waals surface area contributed by atoms with Crippen LogP contribution in [-0.2, 0) is 16.1 Å². The predicted molar refractivity (Wildman–Crippen MR) is 160 cm³/mol. The third-order valence-electron chi connectivity index (χ3n) is 8.46. The summed E-state index contributed by atoms with van der Waals surface area (Å²) in [5.41, 5.74) is 3.02. The SMILES string of the molecule is CC(=O)N1CCC(C(=O)N2CC[C@H](NCc3cc(-c4ccc(Cl)cc4)ccc3OC(F)(F)F)[C@H](c3ccccc3)C2)CC1. The third-order valence-corrected chi connectivity index (χ3v) is 8.71. The van der Waals surface area contributed by atoms with Gasteiger partial charge in [-0.3, -0.25) is 9.59 Å². The minimum atomic E-state index is -4.82. The van der Waals surface area contributed by atoms with Gasteiger partial charge in [0.1, 0.15) is 5.75 Å². The third kappa shape index (κ3) is 7.89. The molecule has 10 heteroatoms. The molecule has 3 aromatic rings. The van der Waals surface area contributed by atoms with E-state index >= 15 is 0 Å². The molecule has 43 heavy (non-hydrogen) atoms. The number of carbonyl (C=O) groups is 2. The molecule has 1 N–H and O–H groups in total. The number of nitrogens with zero attached hydrogens (tertiary/aromatic N) is 2. The maximum absolute atomic E-state index is 13.5. The average molecular weight is 614 g/mol. The Balaban J connectivity index is 1.34. The first-order chi connectivity index (χ1) is 20.6. The van der Waals surface area contributed by atoms with Crippen LogP contribution in [0.5, 0.6) is 5.75 Å². The molecule has 0 radical (unpaired) electrons. The summed E-state index contributed by atoms with van der Waals surface area (Å²) in [5.74, 6) is -0.279. The minimum absolute atomic E-state index is 0.0319. The number of ether oxygens (including phenoxy) is 1. The molecular weight excluding hydrogens is 579 g/mol. The van der Waals surface area contributed by atoms with Crippen LogP contribution < -0.4 is 10.1 Å². The van der Waals surface area contributed by atoms with E-state index in [4.69, 9.17) is 11.6 Å². The number of halogens is 4. The van der Waals surface area contributed by atoms with E-state index < -0.39 is 6.36 Å². The van der Waals surface area contributed by atoms with Gasteiger partial charge in [0.2, 0.25) is 11.8 Å². The van der Waals surface area contributed by atoms with E-state index in [0.717, 1.165) is 16.7 Å². The summed E-state index contributed by atoms with van der Waals surface area (Å²) >= 11 is 6.03. The fourth-order valence-electron chi connectivity index (χ4n) is 6.14. The van der Waals surface area contributed by atoms with Gasteiger partial charge in [-0.15, -0.1) is 13.2 Å². The Morgan fingerprint density at radius 2 is 1.56 bits per heavy atom. The van der Waals surface area contributed by atoms with Crippen LogP contribution in [0.1, 0.15) is 43.2 Å². The normalized spacial score (nSPS) is 19.7. The fourth-order valence-corrected chi connectivity index (χ4v) is 6.26. The highest BCUT2D eigenvalue weighted by molar-refractivity contribution is 6.30. The van der Waals surface area contributed by atoms with E-state index in [9.17, 15) is 22.8 Å². The van der Waals surface area contributed by atoms with Gasteiger partial charge in [0.15, 0.2) is 0 Å². The van der Waals surface area contributed by atoms with E-state index in [1.807, 2.05) is 47.4 Å². The minimum Gasteiger partial charge on any atom is -0.405 e. The van der Waals surface area contributed by atoms with Gasteiger partial charge in [-0.1, -0.05) is 60.1 Å². The molecule has 228 valence electrons. The van der Waals surface area contributed by atoms with Gasteiger partial charge in [0.25, 0.3) is 0 Å². The van der Waals surface area contributed by atoms with Crippen molar-refractivity contribution in [2.75, 3.05) is 26.2 Å². The first-order valence-electron chi connectivity index (χ1n) is 14.5. The summed E-state index contributed by atoms with van der Waals surface area (Å²) in [6.07, 6.45) is -2.88. The molecule has 2 atom stereocenters. The first-order valence-corrected chi connectivity index (χ1v) is 14.9. The van der Waals surface area contributed by atoms with Gasteiger partial charge in [0, 0.05) is 68.1 Å². The molecule has 0 aromatic heterocycles. The van der Waals surface area contributed by atoms with Crippen molar-refractivity contribution >= 4 is 23.4 Å². The Morgan fingerprint density at radius 1 is 0.907 bits per heavy atom. The Kier molecular flexibility index (Phi) is 9.62. The van der Waals surface area contributed by atoms with Crippen molar-refractivity contribution in [2.24, 2.45) is 5.92 Å². The highest BCUT2D eigenvalue weighted by atomic mass is 35.5. The summed E-state index contributed by atoms with van der Waals surface area (Å²) < 4.78 is 44.3. The van der Waals surface area contributed by atoms with Crippen molar-refractivity contribution in [1.82, 2.24) is 15.1 Å². The lowest BCUT2D eigenvalue weighted by molar-refractivity contribution is -0.274. The van der Waals surface area contributed by atoms with E-state index in [2.05, 4.69) is 10.1 Å². The van der Waals surface area contributed by atoms with Gasteiger partial charge in [0.05, 0.1) is 0 Å². The molecule has 2 fully saturated rings. The molecule has 2 saturated heterocycles. The van der Waals surface area contributed by atoms with E-state index in [0.29, 0.717) is 56.0 Å². The van der Waals surface area contributed by atoms with E-state index in [-0.39, 0.29) is 42.0 Å². The molecule has 0 spiro atoms. The van der Waals surface area contributed by atoms with Crippen molar-refractivity contribution in [3.8, 4) is 16.9 Å². The zero-order valence-electron chi connectivity index (χ0n) is 23.9. The Hall–Kier alpha value is -3.56. The molecule has 6 nitrogen and oxygen atoms in total. The predicted octanol–water partition coefficient (Wildman–Crippen LogP) is 6.64. The number of amides is 2. The quantitative estimate of drug-likeness (QED) is 0.325. The van der Waals surface area contributed by atoms with Gasteiger partial charge in [-0.2, -0.15) is 0 Å². The summed E-state index contributed by atoms with van der Waals surface area (Å²) in [5, 5.41) is 4.08. The molecule has 3 aromatic carbocycles. The second-order valence-electron chi connectivity index (χ2n) is 11.2. The monoisotopic (exact) mass is 613 g/mol. The molecule has 2 aliphatic heterocycles. The number of hydrogen-bond donors (Lipinski definition) is 1. The lowest BCUT2D eigenvalue weighted by Gasteiger charge is -2.42. The second-order valence-corrected chi connectivity index (χ2v) is 11.7. The Bertz CT molecular complexity index is 1410. The number of carbonyl (C=O) groups excluding carboxylic acids is 2. The van der Waals surface area contributed by atoms with Crippen LogP contribution in [0, 0.1) is 5.92 Å². The van der Waals surface area contributed by atoms with Gasteiger partial charge in [-0.25, -0.2) is 0 Å². The average Bonchev–Trinajstić information content (AvgIpc) is 3.00. The van der Waals surface area contributed by atoms with Crippen LogP contribution in [0.2, 0.25) is 5.02 Å². The molecular formula is C33H35ClF3N3O3. The number of piperidine rings is 2. The summed E-state index contributed by atoms with van der Waals surface area (Å²) in [6, 6.07) is 21.6. The maximum atomic E-state index is 13.5. The lowest BCUT2D eigenvalue weighted by Crippen LogP contribution is -2.52. The topological polar surface area (TPSA) is 61.9 Å². The number of alkyl halides is 3. The number of nitrogens with one attached hydrogen (secondary N) is 1. The number of hydrogen-bond acceptors (Lipinski definition) is 4. The Morgan fingerprint density at radius 3 is 2.21 bits per heavy atom. The van der Waals surface area contributed by atoms with Gasteiger partial charge < -0.3 is 19.9 Å².